The topological polar surface area (TPSA) is 52.0 Å². The molecule has 1 heterocycles. The molecule has 1 aromatic heterocycles. The van der Waals surface area contributed by atoms with Gasteiger partial charge in [-0.1, -0.05) is 12.1 Å². The minimum Gasteiger partial charge on any atom is -0.488 e. The van der Waals surface area contributed by atoms with Crippen LogP contribution in [-0.4, -0.2) is 20.4 Å². The number of nitrogens with zero attached hydrogens (tertiary/aromatic N) is 3. The van der Waals surface area contributed by atoms with Crippen LogP contribution in [-0.2, 0) is 13.6 Å². The first-order valence-corrected chi connectivity index (χ1v) is 7.20. The zero-order valence-corrected chi connectivity index (χ0v) is 13.4. The van der Waals surface area contributed by atoms with Crippen LogP contribution in [0.15, 0.2) is 30.6 Å². The molecule has 1 atom stereocenters. The summed E-state index contributed by atoms with van der Waals surface area (Å²) in [6, 6.07) is 8.43. The van der Waals surface area contributed by atoms with Crippen LogP contribution in [0.1, 0.15) is 45.1 Å². The van der Waals surface area contributed by atoms with Crippen LogP contribution in [0.4, 0.5) is 0 Å². The third-order valence-corrected chi connectivity index (χ3v) is 3.02. The predicted octanol–water partition coefficient (Wildman–Crippen LogP) is 2.84. The van der Waals surface area contributed by atoms with Crippen LogP contribution >= 0.6 is 0 Å². The first-order chi connectivity index (χ1) is 9.83. The Bertz CT molecular complexity index is 569. The normalized spacial score (nSPS) is 13.2. The summed E-state index contributed by atoms with van der Waals surface area (Å²) >= 11 is 0. The van der Waals surface area contributed by atoms with E-state index >= 15 is 0 Å². The molecule has 0 spiro atoms. The van der Waals surface area contributed by atoms with Gasteiger partial charge in [0, 0.05) is 13.1 Å². The van der Waals surface area contributed by atoms with Gasteiger partial charge in [-0.05, 0) is 45.4 Å². The van der Waals surface area contributed by atoms with Gasteiger partial charge in [0.2, 0.25) is 0 Å². The van der Waals surface area contributed by atoms with Crippen molar-refractivity contribution in [3.8, 4) is 5.75 Å². The Morgan fingerprint density at radius 2 is 1.90 bits per heavy atom. The van der Waals surface area contributed by atoms with Crippen molar-refractivity contribution in [1.82, 2.24) is 20.1 Å². The summed E-state index contributed by atoms with van der Waals surface area (Å²) in [5, 5.41) is 7.67. The van der Waals surface area contributed by atoms with E-state index in [1.54, 1.807) is 11.0 Å². The highest BCUT2D eigenvalue weighted by Gasteiger charge is 2.12. The van der Waals surface area contributed by atoms with Gasteiger partial charge in [-0.25, -0.2) is 4.98 Å². The molecule has 0 fully saturated rings. The first-order valence-electron chi connectivity index (χ1n) is 7.20. The van der Waals surface area contributed by atoms with E-state index in [0.717, 1.165) is 11.6 Å². The third kappa shape index (κ3) is 4.86. The predicted molar refractivity (Wildman–Crippen MR) is 83.1 cm³/mol. The van der Waals surface area contributed by atoms with Crippen molar-refractivity contribution in [1.29, 1.82) is 0 Å². The minimum atomic E-state index is -0.171. The molecule has 0 saturated heterocycles. The molecule has 114 valence electrons. The van der Waals surface area contributed by atoms with E-state index in [4.69, 9.17) is 4.74 Å². The van der Waals surface area contributed by atoms with Crippen molar-refractivity contribution in [2.45, 2.75) is 45.9 Å². The van der Waals surface area contributed by atoms with Crippen molar-refractivity contribution < 1.29 is 4.74 Å². The van der Waals surface area contributed by atoms with E-state index < -0.39 is 0 Å². The monoisotopic (exact) mass is 288 g/mol. The average Bonchev–Trinajstić information content (AvgIpc) is 2.81. The molecule has 1 N–H and O–H groups in total. The van der Waals surface area contributed by atoms with Crippen LogP contribution in [0.25, 0.3) is 0 Å². The Kier molecular flexibility index (Phi) is 4.63. The van der Waals surface area contributed by atoms with Crippen molar-refractivity contribution in [3.05, 3.63) is 42.0 Å². The molecule has 1 aromatic carbocycles. The van der Waals surface area contributed by atoms with Gasteiger partial charge in [-0.15, -0.1) is 0 Å². The number of rotatable bonds is 5. The number of ether oxygens (including phenoxy) is 1. The third-order valence-electron chi connectivity index (χ3n) is 3.02. The largest absolute Gasteiger partial charge is 0.488 e. The molecule has 21 heavy (non-hydrogen) atoms. The van der Waals surface area contributed by atoms with E-state index in [2.05, 4.69) is 34.5 Å². The van der Waals surface area contributed by atoms with Crippen LogP contribution < -0.4 is 10.1 Å². The van der Waals surface area contributed by atoms with Crippen LogP contribution in [0, 0.1) is 0 Å². The molecule has 0 saturated carbocycles. The fraction of sp³-hybridized carbons (Fsp3) is 0.500. The average molecular weight is 288 g/mol. The molecule has 0 radical (unpaired) electrons. The molecule has 2 aromatic rings. The fourth-order valence-corrected chi connectivity index (χ4v) is 2.01. The maximum absolute atomic E-state index is 5.83. The van der Waals surface area contributed by atoms with Crippen molar-refractivity contribution in [3.63, 3.8) is 0 Å². The van der Waals surface area contributed by atoms with E-state index in [1.807, 2.05) is 40.0 Å². The number of aryl methyl sites for hydroxylation is 1. The molecular formula is C16H24N4O. The molecule has 0 unspecified atom stereocenters. The fourth-order valence-electron chi connectivity index (χ4n) is 2.01. The summed E-state index contributed by atoms with van der Waals surface area (Å²) in [6.45, 7) is 8.92. The molecule has 0 aliphatic heterocycles. The molecule has 0 amide bonds. The lowest BCUT2D eigenvalue weighted by molar-refractivity contribution is 0.131. The molecule has 0 aliphatic rings. The second kappa shape index (κ2) is 6.26. The second-order valence-corrected chi connectivity index (χ2v) is 6.22. The molecule has 5 heteroatoms. The highest BCUT2D eigenvalue weighted by molar-refractivity contribution is 5.29. The Morgan fingerprint density at radius 1 is 1.24 bits per heavy atom. The highest BCUT2D eigenvalue weighted by Crippen LogP contribution is 2.21. The van der Waals surface area contributed by atoms with Gasteiger partial charge < -0.3 is 10.1 Å². The van der Waals surface area contributed by atoms with Gasteiger partial charge >= 0.3 is 0 Å². The van der Waals surface area contributed by atoms with Crippen LogP contribution in [0.5, 0.6) is 5.75 Å². The first kappa shape index (κ1) is 15.5. The number of benzene rings is 1. The van der Waals surface area contributed by atoms with Gasteiger partial charge in [-0.3, -0.25) is 4.68 Å². The zero-order valence-electron chi connectivity index (χ0n) is 13.4. The van der Waals surface area contributed by atoms with Gasteiger partial charge in [0.05, 0.1) is 6.54 Å². The van der Waals surface area contributed by atoms with Crippen molar-refractivity contribution in [2.24, 2.45) is 7.05 Å². The molecular weight excluding hydrogens is 264 g/mol. The maximum atomic E-state index is 5.83. The van der Waals surface area contributed by atoms with Gasteiger partial charge in [-0.2, -0.15) is 5.10 Å². The molecule has 0 bridgehead atoms. The number of aromatic nitrogens is 3. The quantitative estimate of drug-likeness (QED) is 0.919. The molecule has 2 rings (SSSR count). The lowest BCUT2D eigenvalue weighted by atomic mass is 10.1. The minimum absolute atomic E-state index is 0.171. The lowest BCUT2D eigenvalue weighted by Gasteiger charge is -2.21. The Labute approximate surface area is 126 Å². The number of hydrogen-bond donors (Lipinski definition) is 1. The van der Waals surface area contributed by atoms with Gasteiger partial charge in [0.1, 0.15) is 17.7 Å². The van der Waals surface area contributed by atoms with Crippen molar-refractivity contribution in [2.75, 3.05) is 0 Å². The summed E-state index contributed by atoms with van der Waals surface area (Å²) in [5.74, 6) is 1.70. The number of hydrogen-bond acceptors (Lipinski definition) is 4. The van der Waals surface area contributed by atoms with E-state index in [1.165, 1.54) is 5.56 Å². The second-order valence-electron chi connectivity index (χ2n) is 6.22. The van der Waals surface area contributed by atoms with Crippen LogP contribution in [0.2, 0.25) is 0 Å². The maximum Gasteiger partial charge on any atom is 0.164 e. The van der Waals surface area contributed by atoms with E-state index in [0.29, 0.717) is 6.54 Å². The lowest BCUT2D eigenvalue weighted by Crippen LogP contribution is -2.23. The number of nitrogens with one attached hydrogen (secondary N) is 1. The van der Waals surface area contributed by atoms with Crippen LogP contribution in [0.3, 0.4) is 0 Å². The molecule has 5 nitrogen and oxygen atoms in total. The summed E-state index contributed by atoms with van der Waals surface area (Å²) < 4.78 is 7.53. The van der Waals surface area contributed by atoms with Gasteiger partial charge in [0.25, 0.3) is 0 Å². The SMILES string of the molecule is C[C@H](NCc1ncn(C)n1)c1ccc(OC(C)(C)C)cc1. The van der Waals surface area contributed by atoms with Crippen molar-refractivity contribution >= 4 is 0 Å². The summed E-state index contributed by atoms with van der Waals surface area (Å²) in [4.78, 5) is 4.21. The molecule has 0 aliphatic carbocycles. The van der Waals surface area contributed by atoms with Gasteiger partial charge in [0.15, 0.2) is 5.82 Å². The smallest absolute Gasteiger partial charge is 0.164 e. The van der Waals surface area contributed by atoms with E-state index in [9.17, 15) is 0 Å². The Morgan fingerprint density at radius 3 is 2.43 bits per heavy atom. The summed E-state index contributed by atoms with van der Waals surface area (Å²) in [6.07, 6.45) is 1.71. The standard InChI is InChI=1S/C16H24N4O/c1-12(17-10-15-18-11-20(5)19-15)13-6-8-14(9-7-13)21-16(2,3)4/h6-9,11-12,17H,10H2,1-5H3/t12-/m0/s1. The Balaban J connectivity index is 1.91. The summed E-state index contributed by atoms with van der Waals surface area (Å²) in [7, 11) is 1.87. The Hall–Kier alpha value is -1.88. The zero-order chi connectivity index (χ0) is 15.5. The highest BCUT2D eigenvalue weighted by atomic mass is 16.5. The van der Waals surface area contributed by atoms with E-state index in [-0.39, 0.29) is 11.6 Å². The summed E-state index contributed by atoms with van der Waals surface area (Å²) in [5.41, 5.74) is 1.04.